The first-order valence-electron chi connectivity index (χ1n) is 4.25. The van der Waals surface area contributed by atoms with Crippen molar-refractivity contribution in [2.24, 2.45) is 0 Å². The van der Waals surface area contributed by atoms with Gasteiger partial charge < -0.3 is 4.98 Å². The highest BCUT2D eigenvalue weighted by molar-refractivity contribution is 7.71. The third-order valence-corrected chi connectivity index (χ3v) is 2.28. The third kappa shape index (κ3) is 1.56. The Labute approximate surface area is 86.9 Å². The first kappa shape index (κ1) is 9.02. The summed E-state index contributed by atoms with van der Waals surface area (Å²) in [6.45, 7) is 1.96. The normalized spacial score (nSPS) is 10.1. The summed E-state index contributed by atoms with van der Waals surface area (Å²) in [5.74, 6) is 0. The van der Waals surface area contributed by atoms with Crippen molar-refractivity contribution in [3.05, 3.63) is 41.1 Å². The maximum absolute atomic E-state index is 5.15. The SMILES string of the molecule is Cc1[nH]cnc(=S)c1-c1ccccn1. The van der Waals surface area contributed by atoms with E-state index in [1.165, 1.54) is 0 Å². The summed E-state index contributed by atoms with van der Waals surface area (Å²) in [5.41, 5.74) is 2.76. The van der Waals surface area contributed by atoms with Gasteiger partial charge in [-0.3, -0.25) is 4.98 Å². The van der Waals surface area contributed by atoms with E-state index in [9.17, 15) is 0 Å². The van der Waals surface area contributed by atoms with Crippen LogP contribution in [-0.2, 0) is 0 Å². The highest BCUT2D eigenvalue weighted by atomic mass is 32.1. The van der Waals surface area contributed by atoms with Crippen molar-refractivity contribution >= 4 is 12.2 Å². The molecule has 0 bridgehead atoms. The first-order valence-corrected chi connectivity index (χ1v) is 4.65. The van der Waals surface area contributed by atoms with Crippen LogP contribution in [0, 0.1) is 11.6 Å². The van der Waals surface area contributed by atoms with E-state index in [0.29, 0.717) is 4.64 Å². The molecule has 0 aliphatic carbocycles. The average molecular weight is 203 g/mol. The Morgan fingerprint density at radius 1 is 1.29 bits per heavy atom. The van der Waals surface area contributed by atoms with Crippen molar-refractivity contribution < 1.29 is 0 Å². The molecule has 0 atom stereocenters. The molecule has 0 unspecified atom stereocenters. The molecular weight excluding hydrogens is 194 g/mol. The van der Waals surface area contributed by atoms with Gasteiger partial charge in [0.25, 0.3) is 0 Å². The Kier molecular flexibility index (Phi) is 2.37. The quantitative estimate of drug-likeness (QED) is 0.724. The van der Waals surface area contributed by atoms with Gasteiger partial charge in [-0.05, 0) is 19.1 Å². The van der Waals surface area contributed by atoms with Crippen LogP contribution in [0.5, 0.6) is 0 Å². The van der Waals surface area contributed by atoms with E-state index >= 15 is 0 Å². The van der Waals surface area contributed by atoms with Crippen LogP contribution in [0.1, 0.15) is 5.69 Å². The van der Waals surface area contributed by atoms with Crippen LogP contribution < -0.4 is 0 Å². The number of H-pyrrole nitrogens is 1. The molecule has 1 N–H and O–H groups in total. The van der Waals surface area contributed by atoms with Gasteiger partial charge in [0.05, 0.1) is 17.6 Å². The lowest BCUT2D eigenvalue weighted by molar-refractivity contribution is 1.08. The summed E-state index contributed by atoms with van der Waals surface area (Å²) < 4.78 is 0.583. The van der Waals surface area contributed by atoms with Gasteiger partial charge in [-0.1, -0.05) is 18.3 Å². The molecule has 3 nitrogen and oxygen atoms in total. The summed E-state index contributed by atoms with van der Waals surface area (Å²) in [6.07, 6.45) is 3.35. The Bertz CT molecular complexity index is 490. The van der Waals surface area contributed by atoms with Crippen LogP contribution in [-0.4, -0.2) is 15.0 Å². The highest BCUT2D eigenvalue weighted by Crippen LogP contribution is 2.18. The molecular formula is C10H9N3S. The van der Waals surface area contributed by atoms with Crippen molar-refractivity contribution in [2.45, 2.75) is 6.92 Å². The second-order valence-electron chi connectivity index (χ2n) is 2.92. The minimum atomic E-state index is 0.583. The van der Waals surface area contributed by atoms with E-state index in [1.54, 1.807) is 12.5 Å². The van der Waals surface area contributed by atoms with E-state index in [1.807, 2.05) is 25.1 Å². The maximum Gasteiger partial charge on any atom is 0.139 e. The fourth-order valence-electron chi connectivity index (χ4n) is 1.30. The van der Waals surface area contributed by atoms with E-state index in [-0.39, 0.29) is 0 Å². The average Bonchev–Trinajstić information content (AvgIpc) is 2.19. The smallest absolute Gasteiger partial charge is 0.139 e. The second-order valence-corrected chi connectivity index (χ2v) is 3.31. The zero-order valence-electron chi connectivity index (χ0n) is 7.69. The molecule has 2 heterocycles. The lowest BCUT2D eigenvalue weighted by Crippen LogP contribution is -1.92. The van der Waals surface area contributed by atoms with Gasteiger partial charge in [0.1, 0.15) is 4.64 Å². The van der Waals surface area contributed by atoms with Crippen molar-refractivity contribution in [1.82, 2.24) is 15.0 Å². The van der Waals surface area contributed by atoms with Crippen LogP contribution in [0.15, 0.2) is 30.7 Å². The fraction of sp³-hybridized carbons (Fsp3) is 0.100. The molecule has 0 spiro atoms. The Hall–Kier alpha value is -1.55. The van der Waals surface area contributed by atoms with E-state index in [0.717, 1.165) is 17.0 Å². The lowest BCUT2D eigenvalue weighted by atomic mass is 10.1. The Morgan fingerprint density at radius 2 is 2.14 bits per heavy atom. The number of aromatic nitrogens is 3. The zero-order chi connectivity index (χ0) is 9.97. The summed E-state index contributed by atoms with van der Waals surface area (Å²) in [6, 6.07) is 5.74. The number of aromatic amines is 1. The molecule has 0 radical (unpaired) electrons. The van der Waals surface area contributed by atoms with E-state index in [4.69, 9.17) is 12.2 Å². The summed E-state index contributed by atoms with van der Waals surface area (Å²) in [5, 5.41) is 0. The second kappa shape index (κ2) is 3.67. The molecule has 0 saturated carbocycles. The van der Waals surface area contributed by atoms with Gasteiger partial charge in [0, 0.05) is 11.9 Å². The molecule has 4 heteroatoms. The number of aryl methyl sites for hydroxylation is 1. The molecule has 2 aromatic rings. The molecule has 0 aromatic carbocycles. The Morgan fingerprint density at radius 3 is 2.79 bits per heavy atom. The molecule has 0 aliphatic heterocycles. The minimum Gasteiger partial charge on any atom is -0.349 e. The molecule has 0 amide bonds. The molecule has 2 rings (SSSR count). The monoisotopic (exact) mass is 203 g/mol. The third-order valence-electron chi connectivity index (χ3n) is 1.97. The molecule has 0 saturated heterocycles. The van der Waals surface area contributed by atoms with Crippen molar-refractivity contribution in [3.63, 3.8) is 0 Å². The van der Waals surface area contributed by atoms with Crippen LogP contribution >= 0.6 is 12.2 Å². The zero-order valence-corrected chi connectivity index (χ0v) is 8.51. The summed E-state index contributed by atoms with van der Waals surface area (Å²) in [7, 11) is 0. The van der Waals surface area contributed by atoms with Gasteiger partial charge in [0.2, 0.25) is 0 Å². The van der Waals surface area contributed by atoms with Gasteiger partial charge in [0.15, 0.2) is 0 Å². The van der Waals surface area contributed by atoms with Gasteiger partial charge in [-0.2, -0.15) is 0 Å². The van der Waals surface area contributed by atoms with Gasteiger partial charge in [-0.15, -0.1) is 0 Å². The topological polar surface area (TPSA) is 41.6 Å². The van der Waals surface area contributed by atoms with E-state index in [2.05, 4.69) is 15.0 Å². The Balaban J connectivity index is 2.69. The standard InChI is InChI=1S/C10H9N3S/c1-7-9(10(14)13-6-12-7)8-4-2-3-5-11-8/h2-6H,1H3,(H,12,13,14). The van der Waals surface area contributed by atoms with Crippen LogP contribution in [0.2, 0.25) is 0 Å². The first-order chi connectivity index (χ1) is 6.79. The highest BCUT2D eigenvalue weighted by Gasteiger charge is 2.04. The summed E-state index contributed by atoms with van der Waals surface area (Å²) in [4.78, 5) is 11.3. The van der Waals surface area contributed by atoms with Gasteiger partial charge in [-0.25, -0.2) is 4.98 Å². The summed E-state index contributed by atoms with van der Waals surface area (Å²) >= 11 is 5.15. The largest absolute Gasteiger partial charge is 0.349 e. The molecule has 2 aromatic heterocycles. The van der Waals surface area contributed by atoms with Crippen molar-refractivity contribution in [1.29, 1.82) is 0 Å². The molecule has 0 fully saturated rings. The molecule has 0 aliphatic rings. The van der Waals surface area contributed by atoms with Crippen LogP contribution in [0.25, 0.3) is 11.3 Å². The lowest BCUT2D eigenvalue weighted by Gasteiger charge is -2.03. The van der Waals surface area contributed by atoms with E-state index < -0.39 is 0 Å². The minimum absolute atomic E-state index is 0.583. The number of hydrogen-bond acceptors (Lipinski definition) is 3. The maximum atomic E-state index is 5.15. The fourth-order valence-corrected chi connectivity index (χ4v) is 1.61. The number of hydrogen-bond donors (Lipinski definition) is 1. The number of pyridine rings is 1. The van der Waals surface area contributed by atoms with Crippen LogP contribution in [0.4, 0.5) is 0 Å². The molecule has 14 heavy (non-hydrogen) atoms. The van der Waals surface area contributed by atoms with Crippen molar-refractivity contribution in [3.8, 4) is 11.3 Å². The number of rotatable bonds is 1. The van der Waals surface area contributed by atoms with Gasteiger partial charge >= 0.3 is 0 Å². The predicted octanol–water partition coefficient (Wildman–Crippen LogP) is 2.51. The predicted molar refractivity (Wildman–Crippen MR) is 57.4 cm³/mol. The van der Waals surface area contributed by atoms with Crippen LogP contribution in [0.3, 0.4) is 0 Å². The van der Waals surface area contributed by atoms with Crippen molar-refractivity contribution in [2.75, 3.05) is 0 Å². The molecule has 70 valence electrons. The number of nitrogens with one attached hydrogen (secondary N) is 1. The number of nitrogens with zero attached hydrogens (tertiary/aromatic N) is 2.